The first-order valence-corrected chi connectivity index (χ1v) is 8.91. The van der Waals surface area contributed by atoms with Crippen molar-refractivity contribution in [3.63, 3.8) is 0 Å². The Bertz CT molecular complexity index is 609. The number of likely N-dealkylation sites (tertiary alicyclic amines) is 1. The Labute approximate surface area is 138 Å². The van der Waals surface area contributed by atoms with E-state index in [2.05, 4.69) is 45.8 Å². The number of piperidine rings is 1. The Morgan fingerprint density at radius 1 is 1.04 bits per heavy atom. The Morgan fingerprint density at radius 3 is 2.57 bits per heavy atom. The third-order valence-electron chi connectivity index (χ3n) is 5.04. The first-order valence-electron chi connectivity index (χ1n) is 8.91. The van der Waals surface area contributed by atoms with Crippen LogP contribution in [0.25, 0.3) is 5.69 Å². The van der Waals surface area contributed by atoms with E-state index in [9.17, 15) is 0 Å². The molecule has 1 aromatic carbocycles. The van der Waals surface area contributed by atoms with Crippen molar-refractivity contribution < 1.29 is 0 Å². The van der Waals surface area contributed by atoms with Crippen LogP contribution in [0.2, 0.25) is 0 Å². The van der Waals surface area contributed by atoms with Crippen LogP contribution in [-0.4, -0.2) is 40.4 Å². The van der Waals surface area contributed by atoms with E-state index < -0.39 is 0 Å². The maximum atomic E-state index is 4.50. The van der Waals surface area contributed by atoms with Crippen LogP contribution in [0.5, 0.6) is 0 Å². The summed E-state index contributed by atoms with van der Waals surface area (Å²) in [6, 6.07) is 11.1. The van der Waals surface area contributed by atoms with Crippen LogP contribution >= 0.6 is 0 Å². The number of hydrogen-bond donors (Lipinski definition) is 1. The van der Waals surface area contributed by atoms with E-state index in [0.717, 1.165) is 24.2 Å². The predicted octanol–water partition coefficient (Wildman–Crippen LogP) is 2.84. The van der Waals surface area contributed by atoms with E-state index in [1.54, 1.807) is 0 Å². The lowest BCUT2D eigenvalue weighted by molar-refractivity contribution is 0.190. The highest BCUT2D eigenvalue weighted by atomic mass is 15.3. The summed E-state index contributed by atoms with van der Waals surface area (Å²) < 4.78 is 1.97. The molecule has 0 bridgehead atoms. The van der Waals surface area contributed by atoms with Gasteiger partial charge in [-0.2, -0.15) is 5.10 Å². The molecule has 0 unspecified atom stereocenters. The standard InChI is InChI=1S/C19H26N4/c1-2-4-19(5-3-1)23-15-17(13-21-23)14-22-10-8-18(9-11-22)20-12-16-6-7-16/h1-5,13,15-16,18,20H,6-12,14H2. The number of benzene rings is 1. The molecule has 4 nitrogen and oxygen atoms in total. The highest BCUT2D eigenvalue weighted by Gasteiger charge is 2.24. The van der Waals surface area contributed by atoms with Gasteiger partial charge in [-0.05, 0) is 63.4 Å². The van der Waals surface area contributed by atoms with Crippen LogP contribution in [0.3, 0.4) is 0 Å². The third kappa shape index (κ3) is 4.01. The monoisotopic (exact) mass is 310 g/mol. The molecule has 23 heavy (non-hydrogen) atoms. The first-order chi connectivity index (χ1) is 11.4. The van der Waals surface area contributed by atoms with Crippen LogP contribution in [0.1, 0.15) is 31.2 Å². The Morgan fingerprint density at radius 2 is 1.83 bits per heavy atom. The van der Waals surface area contributed by atoms with Gasteiger partial charge in [-0.25, -0.2) is 4.68 Å². The summed E-state index contributed by atoms with van der Waals surface area (Å²) >= 11 is 0. The minimum atomic E-state index is 0.735. The molecule has 2 heterocycles. The fourth-order valence-corrected chi connectivity index (χ4v) is 3.37. The zero-order valence-electron chi connectivity index (χ0n) is 13.7. The molecule has 1 saturated heterocycles. The van der Waals surface area contributed by atoms with Crippen molar-refractivity contribution in [3.05, 3.63) is 48.3 Å². The molecule has 122 valence electrons. The number of nitrogens with zero attached hydrogens (tertiary/aromatic N) is 3. The molecule has 2 fully saturated rings. The molecule has 4 heteroatoms. The van der Waals surface area contributed by atoms with E-state index in [0.29, 0.717) is 0 Å². The summed E-state index contributed by atoms with van der Waals surface area (Å²) in [5.74, 6) is 0.983. The molecule has 0 amide bonds. The minimum Gasteiger partial charge on any atom is -0.314 e. The molecular formula is C19H26N4. The van der Waals surface area contributed by atoms with Gasteiger partial charge in [0.1, 0.15) is 0 Å². The average Bonchev–Trinajstić information content (AvgIpc) is 3.32. The fourth-order valence-electron chi connectivity index (χ4n) is 3.37. The fraction of sp³-hybridized carbons (Fsp3) is 0.526. The zero-order chi connectivity index (χ0) is 15.5. The normalized spacial score (nSPS) is 20.0. The molecule has 4 rings (SSSR count). The van der Waals surface area contributed by atoms with Crippen molar-refractivity contribution in [2.45, 2.75) is 38.3 Å². The number of aromatic nitrogens is 2. The van der Waals surface area contributed by atoms with Gasteiger partial charge in [0.05, 0.1) is 11.9 Å². The summed E-state index contributed by atoms with van der Waals surface area (Å²) in [6.45, 7) is 4.65. The van der Waals surface area contributed by atoms with Gasteiger partial charge >= 0.3 is 0 Å². The SMILES string of the molecule is c1ccc(-n2cc(CN3CCC(NCC4CC4)CC3)cn2)cc1. The van der Waals surface area contributed by atoms with Gasteiger partial charge in [0.25, 0.3) is 0 Å². The third-order valence-corrected chi connectivity index (χ3v) is 5.04. The van der Waals surface area contributed by atoms with Gasteiger partial charge in [0.15, 0.2) is 0 Å². The largest absolute Gasteiger partial charge is 0.314 e. The number of rotatable bonds is 6. The highest BCUT2D eigenvalue weighted by Crippen LogP contribution is 2.28. The molecule has 1 N–H and O–H groups in total. The smallest absolute Gasteiger partial charge is 0.0645 e. The maximum absolute atomic E-state index is 4.50. The van der Waals surface area contributed by atoms with Crippen molar-refractivity contribution in [2.75, 3.05) is 19.6 Å². The summed E-state index contributed by atoms with van der Waals surface area (Å²) in [6.07, 6.45) is 9.60. The van der Waals surface area contributed by atoms with Crippen LogP contribution in [0.15, 0.2) is 42.7 Å². The molecule has 2 aromatic rings. The van der Waals surface area contributed by atoms with E-state index in [4.69, 9.17) is 0 Å². The van der Waals surface area contributed by atoms with Crippen LogP contribution in [0.4, 0.5) is 0 Å². The maximum Gasteiger partial charge on any atom is 0.0645 e. The molecule has 1 saturated carbocycles. The van der Waals surface area contributed by atoms with Crippen LogP contribution < -0.4 is 5.32 Å². The number of hydrogen-bond acceptors (Lipinski definition) is 3. The Kier molecular flexibility index (Phi) is 4.44. The quantitative estimate of drug-likeness (QED) is 0.890. The van der Waals surface area contributed by atoms with Gasteiger partial charge in [0, 0.05) is 24.3 Å². The van der Waals surface area contributed by atoms with Crippen molar-refractivity contribution in [1.82, 2.24) is 20.0 Å². The van der Waals surface area contributed by atoms with Gasteiger partial charge in [-0.3, -0.25) is 4.90 Å². The molecular weight excluding hydrogens is 284 g/mol. The molecule has 1 aliphatic carbocycles. The van der Waals surface area contributed by atoms with Crippen molar-refractivity contribution in [2.24, 2.45) is 5.92 Å². The second-order valence-electron chi connectivity index (χ2n) is 7.03. The van der Waals surface area contributed by atoms with E-state index >= 15 is 0 Å². The van der Waals surface area contributed by atoms with Gasteiger partial charge < -0.3 is 5.32 Å². The van der Waals surface area contributed by atoms with Crippen molar-refractivity contribution in [3.8, 4) is 5.69 Å². The first kappa shape index (κ1) is 14.9. The predicted molar refractivity (Wildman–Crippen MR) is 92.6 cm³/mol. The van der Waals surface area contributed by atoms with Crippen LogP contribution in [0, 0.1) is 5.92 Å². The number of para-hydroxylation sites is 1. The zero-order valence-corrected chi connectivity index (χ0v) is 13.7. The molecule has 0 atom stereocenters. The Balaban J connectivity index is 1.27. The van der Waals surface area contributed by atoms with E-state index in [1.165, 1.54) is 50.9 Å². The second-order valence-corrected chi connectivity index (χ2v) is 7.03. The molecule has 1 aromatic heterocycles. The molecule has 1 aliphatic heterocycles. The second kappa shape index (κ2) is 6.85. The molecule has 2 aliphatic rings. The minimum absolute atomic E-state index is 0.735. The lowest BCUT2D eigenvalue weighted by atomic mass is 10.0. The summed E-state index contributed by atoms with van der Waals surface area (Å²) in [5.41, 5.74) is 2.43. The van der Waals surface area contributed by atoms with Crippen molar-refractivity contribution in [1.29, 1.82) is 0 Å². The summed E-state index contributed by atoms with van der Waals surface area (Å²) in [5, 5.41) is 8.25. The molecule has 0 spiro atoms. The number of nitrogens with one attached hydrogen (secondary N) is 1. The van der Waals surface area contributed by atoms with E-state index in [-0.39, 0.29) is 0 Å². The van der Waals surface area contributed by atoms with Crippen LogP contribution in [-0.2, 0) is 6.54 Å². The van der Waals surface area contributed by atoms with Crippen molar-refractivity contribution >= 4 is 0 Å². The lowest BCUT2D eigenvalue weighted by Crippen LogP contribution is -2.42. The summed E-state index contributed by atoms with van der Waals surface area (Å²) in [4.78, 5) is 2.56. The lowest BCUT2D eigenvalue weighted by Gasteiger charge is -2.32. The Hall–Kier alpha value is -1.65. The summed E-state index contributed by atoms with van der Waals surface area (Å²) in [7, 11) is 0. The topological polar surface area (TPSA) is 33.1 Å². The molecule has 0 radical (unpaired) electrons. The average molecular weight is 310 g/mol. The van der Waals surface area contributed by atoms with Gasteiger partial charge in [-0.15, -0.1) is 0 Å². The van der Waals surface area contributed by atoms with Gasteiger partial charge in [-0.1, -0.05) is 18.2 Å². The van der Waals surface area contributed by atoms with E-state index in [1.807, 2.05) is 16.9 Å². The highest BCUT2D eigenvalue weighted by molar-refractivity contribution is 5.30. The van der Waals surface area contributed by atoms with Gasteiger partial charge in [0.2, 0.25) is 0 Å².